The van der Waals surface area contributed by atoms with Gasteiger partial charge in [0.2, 0.25) is 0 Å². The summed E-state index contributed by atoms with van der Waals surface area (Å²) in [6.07, 6.45) is 0. The molecule has 0 bridgehead atoms. The van der Waals surface area contributed by atoms with Crippen molar-refractivity contribution in [2.75, 3.05) is 17.7 Å². The third-order valence-electron chi connectivity index (χ3n) is 5.62. The molecule has 0 saturated heterocycles. The topological polar surface area (TPSA) is 58.2 Å². The van der Waals surface area contributed by atoms with Crippen molar-refractivity contribution in [3.05, 3.63) is 113 Å². The number of nitrogens with one attached hydrogen (secondary N) is 2. The molecule has 0 heterocycles. The molecule has 0 fully saturated rings. The van der Waals surface area contributed by atoms with E-state index < -0.39 is 0 Å². The van der Waals surface area contributed by atoms with E-state index in [0.717, 1.165) is 16.8 Å². The Hall–Kier alpha value is -4.18. The lowest BCUT2D eigenvalue weighted by atomic mass is 9.82. The molecule has 0 unspecified atom stereocenters. The molecule has 4 nitrogen and oxygen atoms in total. The molecule has 0 atom stereocenters. The number of rotatable bonds is 4. The van der Waals surface area contributed by atoms with Crippen molar-refractivity contribution in [3.8, 4) is 11.1 Å². The van der Waals surface area contributed by atoms with Gasteiger partial charge >= 0.3 is 0 Å². The van der Waals surface area contributed by atoms with Gasteiger partial charge in [0.25, 0.3) is 0 Å². The van der Waals surface area contributed by atoms with Crippen molar-refractivity contribution in [2.45, 2.75) is 0 Å². The summed E-state index contributed by atoms with van der Waals surface area (Å²) >= 11 is 0. The predicted octanol–water partition coefficient (Wildman–Crippen LogP) is 5.91. The summed E-state index contributed by atoms with van der Waals surface area (Å²) in [6.45, 7) is 0. The minimum Gasteiger partial charge on any atom is -0.388 e. The Kier molecular flexibility index (Phi) is 4.60. The first kappa shape index (κ1) is 18.8. The Morgan fingerprint density at radius 2 is 1.06 bits per heavy atom. The number of carbonyl (C=O) groups excluding carboxylic acids is 2. The van der Waals surface area contributed by atoms with Crippen LogP contribution in [0.1, 0.15) is 31.8 Å². The number of benzene rings is 4. The zero-order chi connectivity index (χ0) is 21.4. The van der Waals surface area contributed by atoms with Crippen molar-refractivity contribution in [1.82, 2.24) is 0 Å². The van der Waals surface area contributed by atoms with Crippen LogP contribution in [0, 0.1) is 0 Å². The average Bonchev–Trinajstić information content (AvgIpc) is 2.83. The second-order valence-electron chi connectivity index (χ2n) is 7.43. The van der Waals surface area contributed by atoms with E-state index in [1.165, 1.54) is 0 Å². The van der Waals surface area contributed by atoms with Gasteiger partial charge in [0.1, 0.15) is 0 Å². The van der Waals surface area contributed by atoms with Gasteiger partial charge in [-0.1, -0.05) is 66.7 Å². The largest absolute Gasteiger partial charge is 0.388 e. The van der Waals surface area contributed by atoms with Crippen LogP contribution in [0.25, 0.3) is 11.1 Å². The van der Waals surface area contributed by atoms with Crippen molar-refractivity contribution >= 4 is 28.6 Å². The predicted molar refractivity (Wildman–Crippen MR) is 124 cm³/mol. The summed E-state index contributed by atoms with van der Waals surface area (Å²) in [6, 6.07) is 28.8. The summed E-state index contributed by atoms with van der Waals surface area (Å²) in [5.41, 5.74) is 6.07. The van der Waals surface area contributed by atoms with Crippen LogP contribution in [0.3, 0.4) is 0 Å². The second kappa shape index (κ2) is 7.58. The fourth-order valence-electron chi connectivity index (χ4n) is 4.07. The van der Waals surface area contributed by atoms with E-state index in [-0.39, 0.29) is 11.6 Å². The third kappa shape index (κ3) is 3.19. The van der Waals surface area contributed by atoms with Gasteiger partial charge in [-0.15, -0.1) is 0 Å². The molecular weight excluding hydrogens is 384 g/mol. The molecule has 4 aromatic carbocycles. The Balaban J connectivity index is 1.56. The van der Waals surface area contributed by atoms with E-state index in [1.54, 1.807) is 31.3 Å². The fourth-order valence-corrected chi connectivity index (χ4v) is 4.07. The summed E-state index contributed by atoms with van der Waals surface area (Å²) in [5.74, 6) is -0.289. The van der Waals surface area contributed by atoms with Crippen molar-refractivity contribution in [1.29, 1.82) is 0 Å². The smallest absolute Gasteiger partial charge is 0.196 e. The minimum absolute atomic E-state index is 0.141. The van der Waals surface area contributed by atoms with E-state index in [4.69, 9.17) is 0 Å². The summed E-state index contributed by atoms with van der Waals surface area (Å²) in [7, 11) is 1.75. The molecule has 1 aliphatic carbocycles. The lowest BCUT2D eigenvalue weighted by Gasteiger charge is -2.23. The summed E-state index contributed by atoms with van der Waals surface area (Å²) < 4.78 is 0. The molecule has 4 heteroatoms. The normalized spacial score (nSPS) is 12.2. The van der Waals surface area contributed by atoms with Gasteiger partial charge in [0.05, 0.1) is 16.8 Å². The average molecular weight is 404 g/mol. The Morgan fingerprint density at radius 3 is 1.68 bits per heavy atom. The number of hydrogen-bond donors (Lipinski definition) is 2. The highest BCUT2D eigenvalue weighted by Gasteiger charge is 2.33. The highest BCUT2D eigenvalue weighted by molar-refractivity contribution is 6.32. The molecule has 31 heavy (non-hydrogen) atoms. The molecule has 0 aliphatic heterocycles. The van der Waals surface area contributed by atoms with E-state index in [9.17, 15) is 9.59 Å². The van der Waals surface area contributed by atoms with E-state index in [2.05, 4.69) is 22.8 Å². The highest BCUT2D eigenvalue weighted by Crippen LogP contribution is 2.37. The van der Waals surface area contributed by atoms with Gasteiger partial charge in [-0.05, 0) is 35.4 Å². The van der Waals surface area contributed by atoms with Crippen LogP contribution in [-0.4, -0.2) is 18.6 Å². The molecule has 4 aromatic rings. The molecule has 0 aromatic heterocycles. The second-order valence-corrected chi connectivity index (χ2v) is 7.43. The zero-order valence-electron chi connectivity index (χ0n) is 17.0. The maximum Gasteiger partial charge on any atom is 0.196 e. The van der Waals surface area contributed by atoms with Crippen LogP contribution in [0.4, 0.5) is 17.1 Å². The standard InChI is InChI=1S/C27H20N2O2/c1-28-22-15-16-23(25-24(22)26(30)20-9-5-6-10-21(20)27(25)31)29-19-13-11-18(12-14-19)17-7-3-2-4-8-17/h2-16,28-29H,1H3. The molecule has 0 saturated carbocycles. The first-order valence-electron chi connectivity index (χ1n) is 10.1. The first-order valence-corrected chi connectivity index (χ1v) is 10.1. The maximum absolute atomic E-state index is 13.4. The van der Waals surface area contributed by atoms with Crippen molar-refractivity contribution in [3.63, 3.8) is 0 Å². The minimum atomic E-state index is -0.147. The lowest BCUT2D eigenvalue weighted by molar-refractivity contribution is 0.0980. The molecule has 0 amide bonds. The Morgan fingerprint density at radius 1 is 0.548 bits per heavy atom. The lowest BCUT2D eigenvalue weighted by Crippen LogP contribution is -2.23. The van der Waals surface area contributed by atoms with Crippen LogP contribution in [0.5, 0.6) is 0 Å². The molecule has 2 N–H and O–H groups in total. The van der Waals surface area contributed by atoms with E-state index in [0.29, 0.717) is 33.6 Å². The van der Waals surface area contributed by atoms with Gasteiger partial charge in [-0.3, -0.25) is 9.59 Å². The fraction of sp³-hybridized carbons (Fsp3) is 0.0370. The quantitative estimate of drug-likeness (QED) is 0.391. The molecule has 5 rings (SSSR count). The molecular formula is C27H20N2O2. The maximum atomic E-state index is 13.4. The van der Waals surface area contributed by atoms with E-state index >= 15 is 0 Å². The van der Waals surface area contributed by atoms with Crippen LogP contribution in [0.15, 0.2) is 91.0 Å². The van der Waals surface area contributed by atoms with E-state index in [1.807, 2.05) is 54.6 Å². The van der Waals surface area contributed by atoms with Crippen LogP contribution in [0.2, 0.25) is 0 Å². The van der Waals surface area contributed by atoms with Gasteiger partial charge in [-0.2, -0.15) is 0 Å². The van der Waals surface area contributed by atoms with Crippen LogP contribution < -0.4 is 10.6 Å². The van der Waals surface area contributed by atoms with Gasteiger partial charge in [0.15, 0.2) is 11.6 Å². The van der Waals surface area contributed by atoms with Gasteiger partial charge in [-0.25, -0.2) is 0 Å². The monoisotopic (exact) mass is 404 g/mol. The number of ketones is 2. The molecule has 0 radical (unpaired) electrons. The number of anilines is 3. The molecule has 1 aliphatic rings. The Labute approximate surface area is 180 Å². The number of hydrogen-bond acceptors (Lipinski definition) is 4. The van der Waals surface area contributed by atoms with Gasteiger partial charge in [0, 0.05) is 29.5 Å². The number of carbonyl (C=O) groups is 2. The summed E-state index contributed by atoms with van der Waals surface area (Å²) in [4.78, 5) is 26.6. The number of fused-ring (bicyclic) bond motifs is 2. The van der Waals surface area contributed by atoms with Crippen molar-refractivity contribution in [2.24, 2.45) is 0 Å². The van der Waals surface area contributed by atoms with Crippen molar-refractivity contribution < 1.29 is 9.59 Å². The summed E-state index contributed by atoms with van der Waals surface area (Å²) in [5, 5.41) is 6.40. The zero-order valence-corrected chi connectivity index (χ0v) is 17.0. The Bertz CT molecular complexity index is 1310. The molecule has 0 spiro atoms. The highest BCUT2D eigenvalue weighted by atomic mass is 16.1. The first-order chi connectivity index (χ1) is 15.2. The third-order valence-corrected chi connectivity index (χ3v) is 5.62. The van der Waals surface area contributed by atoms with Crippen LogP contribution in [-0.2, 0) is 0 Å². The SMILES string of the molecule is CNc1ccc(Nc2ccc(-c3ccccc3)cc2)c2c1C(=O)c1ccccc1C2=O. The van der Waals surface area contributed by atoms with Gasteiger partial charge < -0.3 is 10.6 Å². The molecule has 150 valence electrons. The van der Waals surface area contributed by atoms with Crippen LogP contribution >= 0.6 is 0 Å².